The van der Waals surface area contributed by atoms with E-state index in [2.05, 4.69) is 25.5 Å². The number of anilines is 1. The second kappa shape index (κ2) is 9.48. The third-order valence-corrected chi connectivity index (χ3v) is 7.14. The molecule has 0 fully saturated rings. The van der Waals surface area contributed by atoms with Crippen LogP contribution >= 0.6 is 23.1 Å². The smallest absolute Gasteiger partial charge is 0.234 e. The van der Waals surface area contributed by atoms with Gasteiger partial charge >= 0.3 is 0 Å². The van der Waals surface area contributed by atoms with Gasteiger partial charge < -0.3 is 5.32 Å². The van der Waals surface area contributed by atoms with Crippen molar-refractivity contribution in [2.75, 3.05) is 11.1 Å². The number of nitrogens with one attached hydrogen (secondary N) is 1. The Morgan fingerprint density at radius 1 is 1.00 bits per heavy atom. The number of amides is 1. The Hall–Kier alpha value is -3.62. The first-order valence-corrected chi connectivity index (χ1v) is 12.1. The molecule has 2 aromatic carbocycles. The minimum absolute atomic E-state index is 0.0818. The highest BCUT2D eigenvalue weighted by atomic mass is 32.2. The van der Waals surface area contributed by atoms with Gasteiger partial charge in [-0.2, -0.15) is 0 Å². The van der Waals surface area contributed by atoms with E-state index in [-0.39, 0.29) is 11.7 Å². The second-order valence-electron chi connectivity index (χ2n) is 7.30. The van der Waals surface area contributed by atoms with Gasteiger partial charge in [-0.15, -0.1) is 21.5 Å². The van der Waals surface area contributed by atoms with Crippen LogP contribution in [0, 0.1) is 6.92 Å². The fraction of sp³-hybridized carbons (Fsp3) is 0.0800. The van der Waals surface area contributed by atoms with Gasteiger partial charge in [-0.1, -0.05) is 48.2 Å². The summed E-state index contributed by atoms with van der Waals surface area (Å²) in [5.41, 5.74) is 3.46. The van der Waals surface area contributed by atoms with Gasteiger partial charge in [-0.3, -0.25) is 9.78 Å². The lowest BCUT2D eigenvalue weighted by Gasteiger charge is -2.08. The molecule has 0 saturated carbocycles. The summed E-state index contributed by atoms with van der Waals surface area (Å²) in [7, 11) is 0. The molecule has 8 heteroatoms. The van der Waals surface area contributed by atoms with E-state index in [1.807, 2.05) is 73.7 Å². The quantitative estimate of drug-likeness (QED) is 0.314. The fourth-order valence-electron chi connectivity index (χ4n) is 3.43. The molecule has 1 N–H and O–H groups in total. The predicted octanol–water partition coefficient (Wildman–Crippen LogP) is 5.85. The molecule has 3 heterocycles. The van der Waals surface area contributed by atoms with Crippen molar-refractivity contribution >= 4 is 45.5 Å². The standard InChI is InChI=1S/C25H19N5OS2/c1-16-24(33-25(27-16)18-8-5-13-26-14-18)21-11-12-23(30-29-21)32-15-22(31)28-20-10-4-7-17-6-2-3-9-19(17)20/h2-14H,15H2,1H3,(H,28,31). The molecule has 0 spiro atoms. The molecule has 5 aromatic rings. The number of carbonyl (C=O) groups is 1. The van der Waals surface area contributed by atoms with Crippen LogP contribution in [-0.2, 0) is 4.79 Å². The SMILES string of the molecule is Cc1nc(-c2cccnc2)sc1-c1ccc(SCC(=O)Nc2cccc3ccccc23)nn1. The molecule has 0 bridgehead atoms. The number of benzene rings is 2. The lowest BCUT2D eigenvalue weighted by molar-refractivity contribution is -0.113. The van der Waals surface area contributed by atoms with Crippen molar-refractivity contribution in [2.24, 2.45) is 0 Å². The Labute approximate surface area is 199 Å². The zero-order chi connectivity index (χ0) is 22.6. The van der Waals surface area contributed by atoms with E-state index in [1.165, 1.54) is 11.8 Å². The molecular weight excluding hydrogens is 450 g/mol. The maximum absolute atomic E-state index is 12.5. The van der Waals surface area contributed by atoms with E-state index in [9.17, 15) is 4.79 Å². The first kappa shape index (κ1) is 21.2. The number of hydrogen-bond donors (Lipinski definition) is 1. The lowest BCUT2D eigenvalue weighted by atomic mass is 10.1. The summed E-state index contributed by atoms with van der Waals surface area (Å²) in [5, 5.41) is 15.4. The van der Waals surface area contributed by atoms with Crippen molar-refractivity contribution in [3.63, 3.8) is 0 Å². The van der Waals surface area contributed by atoms with Crippen LogP contribution in [0.1, 0.15) is 5.69 Å². The van der Waals surface area contributed by atoms with Crippen LogP contribution in [0.2, 0.25) is 0 Å². The van der Waals surface area contributed by atoms with Crippen LogP contribution in [0.3, 0.4) is 0 Å². The summed E-state index contributed by atoms with van der Waals surface area (Å²) in [4.78, 5) is 22.3. The number of hydrogen-bond acceptors (Lipinski definition) is 7. The van der Waals surface area contributed by atoms with E-state index in [4.69, 9.17) is 0 Å². The molecule has 6 nitrogen and oxygen atoms in total. The van der Waals surface area contributed by atoms with Gasteiger partial charge in [0, 0.05) is 29.0 Å². The molecule has 3 aromatic heterocycles. The average molecular weight is 470 g/mol. The lowest BCUT2D eigenvalue weighted by Crippen LogP contribution is -2.14. The second-order valence-corrected chi connectivity index (χ2v) is 9.29. The van der Waals surface area contributed by atoms with Crippen LogP contribution in [0.15, 0.2) is 84.1 Å². The monoisotopic (exact) mass is 469 g/mol. The summed E-state index contributed by atoms with van der Waals surface area (Å²) in [5.74, 6) is 0.170. The van der Waals surface area contributed by atoms with Gasteiger partial charge in [0.25, 0.3) is 0 Å². The van der Waals surface area contributed by atoms with Gasteiger partial charge in [0.05, 0.1) is 16.3 Å². The Balaban J connectivity index is 1.24. The number of aryl methyl sites for hydroxylation is 1. The zero-order valence-electron chi connectivity index (χ0n) is 17.7. The number of carbonyl (C=O) groups excluding carboxylic acids is 1. The number of pyridine rings is 1. The van der Waals surface area contributed by atoms with Crippen molar-refractivity contribution in [3.8, 4) is 21.1 Å². The molecule has 0 atom stereocenters. The first-order valence-electron chi connectivity index (χ1n) is 10.3. The summed E-state index contributed by atoms with van der Waals surface area (Å²) in [6.45, 7) is 1.97. The maximum atomic E-state index is 12.5. The average Bonchev–Trinajstić information content (AvgIpc) is 3.25. The molecular formula is C25H19N5OS2. The van der Waals surface area contributed by atoms with Crippen LogP contribution in [0.5, 0.6) is 0 Å². The normalized spacial score (nSPS) is 10.9. The van der Waals surface area contributed by atoms with Crippen molar-refractivity contribution in [3.05, 3.63) is 84.8 Å². The van der Waals surface area contributed by atoms with E-state index < -0.39 is 0 Å². The van der Waals surface area contributed by atoms with Crippen LogP contribution in [0.25, 0.3) is 31.9 Å². The molecule has 33 heavy (non-hydrogen) atoms. The number of rotatable bonds is 6. The molecule has 162 valence electrons. The van der Waals surface area contributed by atoms with E-state index >= 15 is 0 Å². The number of thiazole rings is 1. The Bertz CT molecular complexity index is 1410. The maximum Gasteiger partial charge on any atom is 0.234 e. The van der Waals surface area contributed by atoms with E-state index in [0.717, 1.165) is 43.3 Å². The predicted molar refractivity (Wildman–Crippen MR) is 134 cm³/mol. The topological polar surface area (TPSA) is 80.7 Å². The number of fused-ring (bicyclic) bond motifs is 1. The summed E-state index contributed by atoms with van der Waals surface area (Å²) in [6, 6.07) is 21.6. The zero-order valence-corrected chi connectivity index (χ0v) is 19.4. The van der Waals surface area contributed by atoms with E-state index in [0.29, 0.717) is 5.03 Å². The van der Waals surface area contributed by atoms with E-state index in [1.54, 1.807) is 23.7 Å². The summed E-state index contributed by atoms with van der Waals surface area (Å²) >= 11 is 2.92. The molecule has 0 saturated heterocycles. The Kier molecular flexibility index (Phi) is 6.10. The molecule has 0 radical (unpaired) electrons. The first-order chi connectivity index (χ1) is 16.2. The third-order valence-electron chi connectivity index (χ3n) is 4.99. The van der Waals surface area contributed by atoms with Gasteiger partial charge in [0.1, 0.15) is 15.7 Å². The van der Waals surface area contributed by atoms with Gasteiger partial charge in [0.15, 0.2) is 0 Å². The van der Waals surface area contributed by atoms with Crippen molar-refractivity contribution in [1.82, 2.24) is 20.2 Å². The molecule has 1 amide bonds. The minimum atomic E-state index is -0.0818. The Morgan fingerprint density at radius 3 is 2.70 bits per heavy atom. The molecule has 0 aliphatic carbocycles. The van der Waals surface area contributed by atoms with Crippen LogP contribution in [-0.4, -0.2) is 31.8 Å². The highest BCUT2D eigenvalue weighted by Gasteiger charge is 2.14. The summed E-state index contributed by atoms with van der Waals surface area (Å²) < 4.78 is 0. The number of aromatic nitrogens is 4. The number of thioether (sulfide) groups is 1. The van der Waals surface area contributed by atoms with Gasteiger partial charge in [-0.25, -0.2) is 4.98 Å². The molecule has 0 unspecified atom stereocenters. The molecule has 5 rings (SSSR count). The Morgan fingerprint density at radius 2 is 1.88 bits per heavy atom. The highest BCUT2D eigenvalue weighted by Crippen LogP contribution is 2.34. The fourth-order valence-corrected chi connectivity index (χ4v) is 5.06. The third kappa shape index (κ3) is 4.76. The summed E-state index contributed by atoms with van der Waals surface area (Å²) in [6.07, 6.45) is 3.55. The van der Waals surface area contributed by atoms with Crippen molar-refractivity contribution in [2.45, 2.75) is 11.9 Å². The van der Waals surface area contributed by atoms with Crippen molar-refractivity contribution in [1.29, 1.82) is 0 Å². The molecule has 0 aliphatic rings. The number of nitrogens with zero attached hydrogens (tertiary/aromatic N) is 4. The van der Waals surface area contributed by atoms with Crippen LogP contribution in [0.4, 0.5) is 5.69 Å². The van der Waals surface area contributed by atoms with Crippen LogP contribution < -0.4 is 5.32 Å². The molecule has 0 aliphatic heterocycles. The van der Waals surface area contributed by atoms with Gasteiger partial charge in [-0.05, 0) is 42.6 Å². The minimum Gasteiger partial charge on any atom is -0.325 e. The van der Waals surface area contributed by atoms with Gasteiger partial charge in [0.2, 0.25) is 5.91 Å². The highest BCUT2D eigenvalue weighted by molar-refractivity contribution is 7.99. The van der Waals surface area contributed by atoms with Crippen molar-refractivity contribution < 1.29 is 4.79 Å². The largest absolute Gasteiger partial charge is 0.325 e.